The number of anilines is 1. The molecule has 3 rings (SSSR count). The predicted molar refractivity (Wildman–Crippen MR) is 102 cm³/mol. The molecule has 1 aliphatic rings. The monoisotopic (exact) mass is 387 g/mol. The Bertz CT molecular complexity index is 949. The zero-order valence-corrected chi connectivity index (χ0v) is 15.5. The van der Waals surface area contributed by atoms with Crippen molar-refractivity contribution in [3.8, 4) is 0 Å². The minimum Gasteiger partial charge on any atom is -0.369 e. The van der Waals surface area contributed by atoms with E-state index >= 15 is 0 Å². The molecular formula is C19H21N3O4S. The van der Waals surface area contributed by atoms with E-state index in [9.17, 15) is 18.0 Å². The van der Waals surface area contributed by atoms with Crippen molar-refractivity contribution in [3.63, 3.8) is 0 Å². The maximum Gasteiger partial charge on any atom is 0.255 e. The topological polar surface area (TPSA) is 110 Å². The van der Waals surface area contributed by atoms with E-state index in [0.717, 1.165) is 18.4 Å². The number of nitrogens with two attached hydrogens (primary N) is 1. The van der Waals surface area contributed by atoms with E-state index in [2.05, 4.69) is 5.32 Å². The summed E-state index contributed by atoms with van der Waals surface area (Å²) < 4.78 is 26.7. The molecule has 0 atom stereocenters. The number of rotatable bonds is 6. The largest absolute Gasteiger partial charge is 0.369 e. The number of primary amides is 1. The number of hydrogen-bond donors (Lipinski definition) is 2. The van der Waals surface area contributed by atoms with Crippen LogP contribution in [0, 0.1) is 0 Å². The summed E-state index contributed by atoms with van der Waals surface area (Å²) in [6, 6.07) is 12.8. The molecule has 0 aromatic heterocycles. The average Bonchev–Trinajstić information content (AvgIpc) is 3.18. The van der Waals surface area contributed by atoms with Crippen LogP contribution in [0.3, 0.4) is 0 Å². The Morgan fingerprint density at radius 2 is 1.70 bits per heavy atom. The first-order valence-electron chi connectivity index (χ1n) is 8.65. The van der Waals surface area contributed by atoms with Crippen molar-refractivity contribution in [2.45, 2.75) is 24.2 Å². The number of benzene rings is 2. The zero-order valence-electron chi connectivity index (χ0n) is 14.7. The van der Waals surface area contributed by atoms with Crippen molar-refractivity contribution in [2.24, 2.45) is 5.73 Å². The Kier molecular flexibility index (Phi) is 5.57. The molecule has 7 nitrogen and oxygen atoms in total. The molecule has 1 saturated heterocycles. The Morgan fingerprint density at radius 3 is 2.33 bits per heavy atom. The lowest BCUT2D eigenvalue weighted by Crippen LogP contribution is -2.28. The second-order valence-corrected chi connectivity index (χ2v) is 8.37. The molecule has 0 aliphatic carbocycles. The van der Waals surface area contributed by atoms with Gasteiger partial charge in [0.05, 0.1) is 11.3 Å². The Hall–Kier alpha value is -2.71. The molecule has 1 aliphatic heterocycles. The van der Waals surface area contributed by atoms with Crippen LogP contribution < -0.4 is 11.1 Å². The van der Waals surface area contributed by atoms with Crippen LogP contribution in [0.1, 0.15) is 28.8 Å². The van der Waals surface area contributed by atoms with Gasteiger partial charge < -0.3 is 11.1 Å². The van der Waals surface area contributed by atoms with Gasteiger partial charge in [-0.15, -0.1) is 0 Å². The molecule has 0 bridgehead atoms. The van der Waals surface area contributed by atoms with Gasteiger partial charge in [0.25, 0.3) is 5.91 Å². The summed E-state index contributed by atoms with van der Waals surface area (Å²) in [6.07, 6.45) is 1.83. The first-order chi connectivity index (χ1) is 12.9. The molecule has 0 radical (unpaired) electrons. The summed E-state index contributed by atoms with van der Waals surface area (Å²) in [5.74, 6) is -0.834. The predicted octanol–water partition coefficient (Wildman–Crippen LogP) is 1.75. The summed E-state index contributed by atoms with van der Waals surface area (Å²) in [7, 11) is -3.58. The van der Waals surface area contributed by atoms with Crippen molar-refractivity contribution in [1.29, 1.82) is 0 Å². The number of amides is 2. The molecule has 1 fully saturated rings. The number of sulfonamides is 1. The summed E-state index contributed by atoms with van der Waals surface area (Å²) in [6.45, 7) is 1.02. The summed E-state index contributed by atoms with van der Waals surface area (Å²) >= 11 is 0. The van der Waals surface area contributed by atoms with E-state index in [1.54, 1.807) is 36.4 Å². The van der Waals surface area contributed by atoms with Crippen LogP contribution in [0.2, 0.25) is 0 Å². The molecule has 0 unspecified atom stereocenters. The first-order valence-corrected chi connectivity index (χ1v) is 10.1. The molecule has 142 valence electrons. The van der Waals surface area contributed by atoms with E-state index < -0.39 is 21.8 Å². The molecule has 0 saturated carbocycles. The fraction of sp³-hybridized carbons (Fsp3) is 0.263. The van der Waals surface area contributed by atoms with Gasteiger partial charge >= 0.3 is 0 Å². The summed E-state index contributed by atoms with van der Waals surface area (Å²) in [5.41, 5.74) is 6.71. The quantitative estimate of drug-likeness (QED) is 0.787. The van der Waals surface area contributed by atoms with E-state index in [0.29, 0.717) is 18.8 Å². The highest BCUT2D eigenvalue weighted by Gasteiger charge is 2.27. The number of nitrogens with zero attached hydrogens (tertiary/aromatic N) is 1. The summed E-state index contributed by atoms with van der Waals surface area (Å²) in [5, 5.41) is 2.72. The summed E-state index contributed by atoms with van der Waals surface area (Å²) in [4.78, 5) is 23.5. The van der Waals surface area contributed by atoms with Gasteiger partial charge in [0.1, 0.15) is 0 Å². The van der Waals surface area contributed by atoms with E-state index in [-0.39, 0.29) is 16.9 Å². The smallest absolute Gasteiger partial charge is 0.255 e. The second kappa shape index (κ2) is 7.89. The third kappa shape index (κ3) is 4.53. The standard InChI is InChI=1S/C19H21N3O4S/c20-18(23)12-14-6-8-16(9-7-14)21-19(24)15-4-3-5-17(13-15)27(25,26)22-10-1-2-11-22/h3-9,13H,1-2,10-12H2,(H2,20,23)(H,21,24). The molecule has 0 spiro atoms. The highest BCUT2D eigenvalue weighted by Crippen LogP contribution is 2.22. The van der Waals surface area contributed by atoms with Crippen molar-refractivity contribution in [3.05, 3.63) is 59.7 Å². The van der Waals surface area contributed by atoms with Crippen molar-refractivity contribution >= 4 is 27.5 Å². The third-order valence-electron chi connectivity index (χ3n) is 4.39. The zero-order chi connectivity index (χ0) is 19.4. The maximum absolute atomic E-state index is 12.6. The molecule has 27 heavy (non-hydrogen) atoms. The normalized spacial score (nSPS) is 14.8. The Balaban J connectivity index is 1.74. The maximum atomic E-state index is 12.6. The van der Waals surface area contributed by atoms with Gasteiger partial charge in [0.2, 0.25) is 15.9 Å². The lowest BCUT2D eigenvalue weighted by molar-refractivity contribution is -0.117. The molecule has 3 N–H and O–H groups in total. The lowest BCUT2D eigenvalue weighted by atomic mass is 10.1. The SMILES string of the molecule is NC(=O)Cc1ccc(NC(=O)c2cccc(S(=O)(=O)N3CCCC3)c2)cc1. The highest BCUT2D eigenvalue weighted by atomic mass is 32.2. The number of hydrogen-bond acceptors (Lipinski definition) is 4. The first kappa shape index (κ1) is 19.1. The van der Waals surface area contributed by atoms with Crippen LogP contribution in [0.5, 0.6) is 0 Å². The van der Waals surface area contributed by atoms with Crippen LogP contribution >= 0.6 is 0 Å². The van der Waals surface area contributed by atoms with Gasteiger partial charge in [-0.25, -0.2) is 8.42 Å². The lowest BCUT2D eigenvalue weighted by Gasteiger charge is -2.16. The number of carbonyl (C=O) groups excluding carboxylic acids is 2. The molecular weight excluding hydrogens is 366 g/mol. The van der Waals surface area contributed by atoms with Gasteiger partial charge in [-0.3, -0.25) is 9.59 Å². The minimum absolute atomic E-state index is 0.119. The fourth-order valence-electron chi connectivity index (χ4n) is 2.99. The van der Waals surface area contributed by atoms with E-state index in [1.807, 2.05) is 0 Å². The van der Waals surface area contributed by atoms with Crippen LogP contribution in [0.4, 0.5) is 5.69 Å². The van der Waals surface area contributed by atoms with Crippen LogP contribution in [-0.2, 0) is 21.2 Å². The Labute approximate surface area is 158 Å². The van der Waals surface area contributed by atoms with Crippen LogP contribution in [-0.4, -0.2) is 37.6 Å². The van der Waals surface area contributed by atoms with Gasteiger partial charge in [0.15, 0.2) is 0 Å². The minimum atomic E-state index is -3.58. The molecule has 1 heterocycles. The molecule has 2 amide bonds. The fourth-order valence-corrected chi connectivity index (χ4v) is 4.55. The van der Waals surface area contributed by atoms with Gasteiger partial charge in [0, 0.05) is 24.3 Å². The highest BCUT2D eigenvalue weighted by molar-refractivity contribution is 7.89. The van der Waals surface area contributed by atoms with Gasteiger partial charge in [-0.2, -0.15) is 4.31 Å². The average molecular weight is 387 g/mol. The van der Waals surface area contributed by atoms with E-state index in [1.165, 1.54) is 16.4 Å². The van der Waals surface area contributed by atoms with Crippen molar-refractivity contribution in [1.82, 2.24) is 4.31 Å². The molecule has 2 aromatic carbocycles. The van der Waals surface area contributed by atoms with E-state index in [4.69, 9.17) is 5.73 Å². The van der Waals surface area contributed by atoms with Crippen LogP contribution in [0.25, 0.3) is 0 Å². The van der Waals surface area contributed by atoms with Gasteiger partial charge in [-0.1, -0.05) is 18.2 Å². The Morgan fingerprint density at radius 1 is 1.04 bits per heavy atom. The van der Waals surface area contributed by atoms with Crippen molar-refractivity contribution < 1.29 is 18.0 Å². The van der Waals surface area contributed by atoms with Crippen molar-refractivity contribution in [2.75, 3.05) is 18.4 Å². The number of nitrogens with one attached hydrogen (secondary N) is 1. The van der Waals surface area contributed by atoms with Gasteiger partial charge in [-0.05, 0) is 48.7 Å². The molecule has 2 aromatic rings. The third-order valence-corrected chi connectivity index (χ3v) is 6.28. The molecule has 8 heteroatoms. The van der Waals surface area contributed by atoms with Crippen LogP contribution in [0.15, 0.2) is 53.4 Å². The second-order valence-electron chi connectivity index (χ2n) is 6.43. The number of carbonyl (C=O) groups is 2.